The van der Waals surface area contributed by atoms with Crippen LogP contribution < -0.4 is 0 Å². The van der Waals surface area contributed by atoms with Gasteiger partial charge in [-0.05, 0) is 53.0 Å². The molecule has 2 heterocycles. The summed E-state index contributed by atoms with van der Waals surface area (Å²) in [5.41, 5.74) is -0.477. The van der Waals surface area contributed by atoms with E-state index in [-0.39, 0.29) is 18.2 Å². The fraction of sp³-hybridized carbons (Fsp3) is 0.875. The highest BCUT2D eigenvalue weighted by molar-refractivity contribution is 5.73. The van der Waals surface area contributed by atoms with Crippen molar-refractivity contribution in [3.05, 3.63) is 0 Å². The van der Waals surface area contributed by atoms with Crippen LogP contribution in [-0.2, 0) is 9.53 Å². The van der Waals surface area contributed by atoms with Gasteiger partial charge in [0.1, 0.15) is 11.6 Å². The minimum Gasteiger partial charge on any atom is -0.480 e. The Kier molecular flexibility index (Phi) is 5.32. The lowest BCUT2D eigenvalue weighted by Gasteiger charge is -2.43. The van der Waals surface area contributed by atoms with Crippen LogP contribution in [0.25, 0.3) is 0 Å². The third kappa shape index (κ3) is 4.35. The van der Waals surface area contributed by atoms with E-state index in [1.54, 1.807) is 4.90 Å². The normalized spacial score (nSPS) is 25.0. The van der Waals surface area contributed by atoms with Crippen LogP contribution in [0.15, 0.2) is 0 Å². The van der Waals surface area contributed by atoms with Gasteiger partial charge in [0, 0.05) is 19.1 Å². The standard InChI is InChI=1S/C16H28N2O4/c1-16(2,3)22-15(21)17-10-7-12(8-11-17)18-9-5-4-6-13(18)14(19)20/h12-13H,4-11H2,1-3H3,(H,19,20)/t13-/m1/s1. The zero-order valence-corrected chi connectivity index (χ0v) is 13.9. The average Bonchev–Trinajstić information content (AvgIpc) is 2.45. The number of piperidine rings is 2. The van der Waals surface area contributed by atoms with E-state index in [4.69, 9.17) is 4.74 Å². The number of aliphatic carboxylic acids is 1. The van der Waals surface area contributed by atoms with E-state index < -0.39 is 11.6 Å². The van der Waals surface area contributed by atoms with Crippen LogP contribution in [0.5, 0.6) is 0 Å². The van der Waals surface area contributed by atoms with E-state index in [2.05, 4.69) is 4.90 Å². The Hall–Kier alpha value is -1.30. The summed E-state index contributed by atoms with van der Waals surface area (Å²) in [5.74, 6) is -0.714. The van der Waals surface area contributed by atoms with Gasteiger partial charge in [0.25, 0.3) is 0 Å². The largest absolute Gasteiger partial charge is 0.480 e. The molecule has 0 aromatic carbocycles. The molecule has 2 aliphatic rings. The van der Waals surface area contributed by atoms with Gasteiger partial charge in [0.15, 0.2) is 0 Å². The maximum absolute atomic E-state index is 12.1. The first-order valence-electron chi connectivity index (χ1n) is 8.24. The zero-order chi connectivity index (χ0) is 16.3. The van der Waals surface area contributed by atoms with Crippen LogP contribution in [0.2, 0.25) is 0 Å². The Labute approximate surface area is 132 Å². The van der Waals surface area contributed by atoms with Gasteiger partial charge in [-0.25, -0.2) is 4.79 Å². The highest BCUT2D eigenvalue weighted by Gasteiger charge is 2.36. The van der Waals surface area contributed by atoms with Crippen LogP contribution in [0.1, 0.15) is 52.9 Å². The van der Waals surface area contributed by atoms with Crippen LogP contribution in [-0.4, -0.2) is 64.3 Å². The first-order valence-corrected chi connectivity index (χ1v) is 8.24. The van der Waals surface area contributed by atoms with Crippen molar-refractivity contribution >= 4 is 12.1 Å². The van der Waals surface area contributed by atoms with Gasteiger partial charge in [0.2, 0.25) is 0 Å². The van der Waals surface area contributed by atoms with E-state index in [9.17, 15) is 14.7 Å². The molecular weight excluding hydrogens is 284 g/mol. The van der Waals surface area contributed by atoms with Gasteiger partial charge >= 0.3 is 12.1 Å². The predicted octanol–water partition coefficient (Wildman–Crippen LogP) is 2.33. The third-order valence-corrected chi connectivity index (χ3v) is 4.41. The van der Waals surface area contributed by atoms with Gasteiger partial charge in [-0.3, -0.25) is 9.69 Å². The lowest BCUT2D eigenvalue weighted by atomic mass is 9.95. The molecule has 22 heavy (non-hydrogen) atoms. The van der Waals surface area contributed by atoms with Gasteiger partial charge in [0.05, 0.1) is 0 Å². The van der Waals surface area contributed by atoms with E-state index in [1.807, 2.05) is 20.8 Å². The molecule has 0 aromatic rings. The number of carbonyl (C=O) groups is 2. The van der Waals surface area contributed by atoms with Crippen LogP contribution in [0.3, 0.4) is 0 Å². The molecule has 0 saturated carbocycles. The molecule has 0 aromatic heterocycles. The summed E-state index contributed by atoms with van der Waals surface area (Å²) in [6.45, 7) is 7.73. The minimum atomic E-state index is -0.714. The molecular formula is C16H28N2O4. The lowest BCUT2D eigenvalue weighted by Crippen LogP contribution is -2.54. The summed E-state index contributed by atoms with van der Waals surface area (Å²) < 4.78 is 5.40. The van der Waals surface area contributed by atoms with Crippen molar-refractivity contribution in [2.24, 2.45) is 0 Å². The molecule has 1 amide bonds. The number of carboxylic acid groups (broad SMARTS) is 1. The molecule has 6 heteroatoms. The Balaban J connectivity index is 1.88. The lowest BCUT2D eigenvalue weighted by molar-refractivity contribution is -0.146. The van der Waals surface area contributed by atoms with E-state index in [0.29, 0.717) is 13.1 Å². The summed E-state index contributed by atoms with van der Waals surface area (Å²) in [5, 5.41) is 9.38. The average molecular weight is 312 g/mol. The Morgan fingerprint density at radius 1 is 1.05 bits per heavy atom. The number of nitrogens with zero attached hydrogens (tertiary/aromatic N) is 2. The smallest absolute Gasteiger partial charge is 0.410 e. The molecule has 2 aliphatic heterocycles. The number of likely N-dealkylation sites (tertiary alicyclic amines) is 2. The Bertz CT molecular complexity index is 411. The van der Waals surface area contributed by atoms with Crippen molar-refractivity contribution in [2.75, 3.05) is 19.6 Å². The number of amides is 1. The fourth-order valence-electron chi connectivity index (χ4n) is 3.36. The van der Waals surface area contributed by atoms with Crippen molar-refractivity contribution in [1.29, 1.82) is 0 Å². The second-order valence-electron chi connectivity index (χ2n) is 7.29. The molecule has 0 bridgehead atoms. The van der Waals surface area contributed by atoms with Crippen LogP contribution >= 0.6 is 0 Å². The van der Waals surface area contributed by atoms with E-state index >= 15 is 0 Å². The van der Waals surface area contributed by atoms with Crippen LogP contribution in [0.4, 0.5) is 4.79 Å². The molecule has 126 valence electrons. The number of hydrogen-bond acceptors (Lipinski definition) is 4. The van der Waals surface area contributed by atoms with Crippen molar-refractivity contribution in [1.82, 2.24) is 9.80 Å². The quantitative estimate of drug-likeness (QED) is 0.847. The highest BCUT2D eigenvalue weighted by atomic mass is 16.6. The van der Waals surface area contributed by atoms with Gasteiger partial charge in [-0.2, -0.15) is 0 Å². The summed E-state index contributed by atoms with van der Waals surface area (Å²) in [7, 11) is 0. The molecule has 0 radical (unpaired) electrons. The molecule has 2 saturated heterocycles. The molecule has 6 nitrogen and oxygen atoms in total. The van der Waals surface area contributed by atoms with E-state index in [0.717, 1.165) is 38.6 Å². The van der Waals surface area contributed by atoms with Crippen molar-refractivity contribution in [3.8, 4) is 0 Å². The minimum absolute atomic E-state index is 0.264. The van der Waals surface area contributed by atoms with Crippen molar-refractivity contribution < 1.29 is 19.4 Å². The first kappa shape index (κ1) is 17.1. The molecule has 0 unspecified atom stereocenters. The van der Waals surface area contributed by atoms with E-state index in [1.165, 1.54) is 0 Å². The SMILES string of the molecule is CC(C)(C)OC(=O)N1CCC(N2CCCC[C@@H]2C(=O)O)CC1. The maximum Gasteiger partial charge on any atom is 0.410 e. The predicted molar refractivity (Wildman–Crippen MR) is 82.8 cm³/mol. The molecule has 0 aliphatic carbocycles. The maximum atomic E-state index is 12.1. The molecule has 0 spiro atoms. The third-order valence-electron chi connectivity index (χ3n) is 4.41. The number of rotatable bonds is 2. The van der Waals surface area contributed by atoms with Gasteiger partial charge < -0.3 is 14.7 Å². The fourth-order valence-corrected chi connectivity index (χ4v) is 3.36. The molecule has 2 rings (SSSR count). The summed E-state index contributed by atoms with van der Waals surface area (Å²) in [6, 6.07) is -0.0908. The zero-order valence-electron chi connectivity index (χ0n) is 13.9. The van der Waals surface area contributed by atoms with Crippen molar-refractivity contribution in [3.63, 3.8) is 0 Å². The number of carbonyl (C=O) groups excluding carboxylic acids is 1. The molecule has 1 atom stereocenters. The summed E-state index contributed by atoms with van der Waals surface area (Å²) in [4.78, 5) is 27.4. The first-order chi connectivity index (χ1) is 10.3. The number of carboxylic acids is 1. The second-order valence-corrected chi connectivity index (χ2v) is 7.29. The Morgan fingerprint density at radius 3 is 2.23 bits per heavy atom. The monoisotopic (exact) mass is 312 g/mol. The second kappa shape index (κ2) is 6.86. The Morgan fingerprint density at radius 2 is 1.68 bits per heavy atom. The number of hydrogen-bond donors (Lipinski definition) is 1. The molecule has 2 fully saturated rings. The summed E-state index contributed by atoms with van der Waals surface area (Å²) >= 11 is 0. The summed E-state index contributed by atoms with van der Waals surface area (Å²) in [6.07, 6.45) is 4.17. The van der Waals surface area contributed by atoms with Gasteiger partial charge in [-0.1, -0.05) is 6.42 Å². The topological polar surface area (TPSA) is 70.1 Å². The van der Waals surface area contributed by atoms with Gasteiger partial charge in [-0.15, -0.1) is 0 Å². The molecule has 1 N–H and O–H groups in total. The number of ether oxygens (including phenoxy) is 1. The van der Waals surface area contributed by atoms with Crippen molar-refractivity contribution in [2.45, 2.75) is 70.6 Å². The van der Waals surface area contributed by atoms with Crippen LogP contribution in [0, 0.1) is 0 Å². The highest BCUT2D eigenvalue weighted by Crippen LogP contribution is 2.26.